The van der Waals surface area contributed by atoms with Crippen LogP contribution in [0.1, 0.15) is 51.7 Å². The van der Waals surface area contributed by atoms with E-state index >= 15 is 0 Å². The first-order chi connectivity index (χ1) is 12.4. The number of allylic oxidation sites excluding steroid dienone is 7. The van der Waals surface area contributed by atoms with Crippen molar-refractivity contribution in [3.05, 3.63) is 94.8 Å². The molecular weight excluding hydrogens is 316 g/mol. The zero-order chi connectivity index (χ0) is 19.2. The number of fused-ring (bicyclic) bond motifs is 1. The lowest BCUT2D eigenvalue weighted by Crippen LogP contribution is -2.29. The zero-order valence-electron chi connectivity index (χ0n) is 16.9. The predicted octanol–water partition coefficient (Wildman–Crippen LogP) is 7.02. The van der Waals surface area contributed by atoms with Crippen LogP contribution in [-0.2, 0) is 11.2 Å². The van der Waals surface area contributed by atoms with Crippen LogP contribution in [0, 0.1) is 6.92 Å². The summed E-state index contributed by atoms with van der Waals surface area (Å²) in [5, 5.41) is 0. The van der Waals surface area contributed by atoms with Gasteiger partial charge in [0.15, 0.2) is 0 Å². The first-order valence-corrected chi connectivity index (χ1v) is 9.54. The van der Waals surface area contributed by atoms with Crippen molar-refractivity contribution in [3.8, 4) is 0 Å². The maximum Gasteiger partial charge on any atom is 0.128 e. The van der Waals surface area contributed by atoms with Gasteiger partial charge in [0, 0.05) is 12.0 Å². The van der Waals surface area contributed by atoms with Crippen LogP contribution in [0.3, 0.4) is 0 Å². The lowest BCUT2D eigenvalue weighted by atomic mass is 9.90. The molecule has 0 N–H and O–H groups in total. The van der Waals surface area contributed by atoms with Crippen LogP contribution < -0.4 is 0 Å². The summed E-state index contributed by atoms with van der Waals surface area (Å²) < 4.78 is 5.95. The summed E-state index contributed by atoms with van der Waals surface area (Å²) in [5.41, 5.74) is 6.30. The standard InChI is InChI=1S/C15H18O.C10H14/c1-5-6-7-12-8-13-11(2)10-15(3,4)16-14(13)9-12;1-3-6-10-8-5-4-7-9(10)2/h5-9H,2,10H2,1,3-4H3;4-5,7-8H,3,6H2,1-2H3/b6-5+,12-7-;. The Kier molecular flexibility index (Phi) is 6.85. The van der Waals surface area contributed by atoms with Crippen LogP contribution >= 0.6 is 0 Å². The highest BCUT2D eigenvalue weighted by molar-refractivity contribution is 5.59. The lowest BCUT2D eigenvalue weighted by molar-refractivity contribution is 0.0306. The second-order valence-corrected chi connectivity index (χ2v) is 7.58. The van der Waals surface area contributed by atoms with Gasteiger partial charge in [-0.25, -0.2) is 0 Å². The van der Waals surface area contributed by atoms with E-state index in [4.69, 9.17) is 4.74 Å². The Bertz CT molecular complexity index is 769. The molecule has 1 heterocycles. The number of aryl methyl sites for hydroxylation is 2. The van der Waals surface area contributed by atoms with Gasteiger partial charge < -0.3 is 4.74 Å². The summed E-state index contributed by atoms with van der Waals surface area (Å²) in [6.07, 6.45) is 13.7. The summed E-state index contributed by atoms with van der Waals surface area (Å²) >= 11 is 0. The Morgan fingerprint density at radius 1 is 1.19 bits per heavy atom. The second-order valence-electron chi connectivity index (χ2n) is 7.58. The van der Waals surface area contributed by atoms with Crippen LogP contribution in [0.2, 0.25) is 0 Å². The molecule has 1 heteroatoms. The van der Waals surface area contributed by atoms with Crippen LogP contribution in [0.25, 0.3) is 0 Å². The van der Waals surface area contributed by atoms with E-state index in [1.54, 1.807) is 0 Å². The topological polar surface area (TPSA) is 9.23 Å². The van der Waals surface area contributed by atoms with E-state index in [9.17, 15) is 0 Å². The molecule has 0 saturated carbocycles. The van der Waals surface area contributed by atoms with E-state index in [2.05, 4.69) is 76.8 Å². The fourth-order valence-corrected chi connectivity index (χ4v) is 3.28. The molecule has 1 aliphatic carbocycles. The molecule has 1 aromatic carbocycles. The third kappa shape index (κ3) is 5.36. The van der Waals surface area contributed by atoms with Crippen molar-refractivity contribution in [1.82, 2.24) is 0 Å². The van der Waals surface area contributed by atoms with Gasteiger partial charge in [0.1, 0.15) is 11.4 Å². The molecule has 0 bridgehead atoms. The van der Waals surface area contributed by atoms with Gasteiger partial charge in [-0.2, -0.15) is 0 Å². The minimum absolute atomic E-state index is 0.129. The molecule has 2 aliphatic rings. The summed E-state index contributed by atoms with van der Waals surface area (Å²) in [5.74, 6) is 0.969. The number of benzene rings is 1. The SMILES string of the molecule is C=C1CC(C)(C)OC2=C/C(=C\C=C\C)C=C12.CCCc1ccccc1C. The van der Waals surface area contributed by atoms with E-state index in [1.807, 2.05) is 19.1 Å². The first-order valence-electron chi connectivity index (χ1n) is 9.54. The summed E-state index contributed by atoms with van der Waals surface area (Å²) in [7, 11) is 0. The Morgan fingerprint density at radius 3 is 2.58 bits per heavy atom. The third-order valence-corrected chi connectivity index (χ3v) is 4.54. The Labute approximate surface area is 159 Å². The molecule has 1 saturated heterocycles. The summed E-state index contributed by atoms with van der Waals surface area (Å²) in [4.78, 5) is 0. The highest BCUT2D eigenvalue weighted by Crippen LogP contribution is 2.41. The highest BCUT2D eigenvalue weighted by Gasteiger charge is 2.32. The van der Waals surface area contributed by atoms with Gasteiger partial charge in [0.05, 0.1) is 0 Å². The number of rotatable bonds is 3. The Balaban J connectivity index is 0.000000209. The van der Waals surface area contributed by atoms with E-state index in [0.717, 1.165) is 17.8 Å². The molecule has 0 radical (unpaired) electrons. The van der Waals surface area contributed by atoms with Gasteiger partial charge in [0.2, 0.25) is 0 Å². The van der Waals surface area contributed by atoms with Crippen molar-refractivity contribution >= 4 is 0 Å². The van der Waals surface area contributed by atoms with E-state index in [0.29, 0.717) is 0 Å². The molecule has 138 valence electrons. The van der Waals surface area contributed by atoms with Crippen molar-refractivity contribution in [3.63, 3.8) is 0 Å². The summed E-state index contributed by atoms with van der Waals surface area (Å²) in [6.45, 7) is 14.7. The van der Waals surface area contributed by atoms with Crippen LogP contribution in [0.15, 0.2) is 83.7 Å². The minimum Gasteiger partial charge on any atom is -0.487 e. The maximum absolute atomic E-state index is 5.95. The molecular formula is C25H32O. The lowest BCUT2D eigenvalue weighted by Gasteiger charge is -2.34. The minimum atomic E-state index is -0.129. The average molecular weight is 349 g/mol. The number of ether oxygens (including phenoxy) is 1. The third-order valence-electron chi connectivity index (χ3n) is 4.54. The van der Waals surface area contributed by atoms with Gasteiger partial charge in [-0.1, -0.05) is 62.4 Å². The summed E-state index contributed by atoms with van der Waals surface area (Å²) in [6, 6.07) is 8.58. The maximum atomic E-state index is 5.95. The van der Waals surface area contributed by atoms with Crippen molar-refractivity contribution in [2.45, 2.75) is 59.5 Å². The van der Waals surface area contributed by atoms with Gasteiger partial charge >= 0.3 is 0 Å². The average Bonchev–Trinajstić information content (AvgIpc) is 2.98. The van der Waals surface area contributed by atoms with Crippen LogP contribution in [0.5, 0.6) is 0 Å². The fraction of sp³-hybridized carbons (Fsp3) is 0.360. The zero-order valence-corrected chi connectivity index (χ0v) is 16.9. The van der Waals surface area contributed by atoms with Crippen molar-refractivity contribution < 1.29 is 4.74 Å². The van der Waals surface area contributed by atoms with Gasteiger partial charge in [0.25, 0.3) is 0 Å². The second kappa shape index (κ2) is 8.89. The molecule has 0 aromatic heterocycles. The highest BCUT2D eigenvalue weighted by atomic mass is 16.5. The van der Waals surface area contributed by atoms with E-state index in [1.165, 1.54) is 35.1 Å². The molecule has 0 atom stereocenters. The normalized spacial score (nSPS) is 19.4. The van der Waals surface area contributed by atoms with E-state index in [-0.39, 0.29) is 5.60 Å². The van der Waals surface area contributed by atoms with Gasteiger partial charge in [-0.15, -0.1) is 0 Å². The fourth-order valence-electron chi connectivity index (χ4n) is 3.28. The molecule has 26 heavy (non-hydrogen) atoms. The van der Waals surface area contributed by atoms with E-state index < -0.39 is 0 Å². The van der Waals surface area contributed by atoms with Crippen molar-refractivity contribution in [1.29, 1.82) is 0 Å². The van der Waals surface area contributed by atoms with Crippen LogP contribution in [0.4, 0.5) is 0 Å². The number of hydrogen-bond acceptors (Lipinski definition) is 1. The predicted molar refractivity (Wildman–Crippen MR) is 113 cm³/mol. The number of hydrogen-bond donors (Lipinski definition) is 0. The van der Waals surface area contributed by atoms with Crippen LogP contribution in [-0.4, -0.2) is 5.60 Å². The molecule has 1 nitrogen and oxygen atoms in total. The van der Waals surface area contributed by atoms with Gasteiger partial charge in [-0.3, -0.25) is 0 Å². The van der Waals surface area contributed by atoms with Crippen molar-refractivity contribution in [2.24, 2.45) is 0 Å². The smallest absolute Gasteiger partial charge is 0.128 e. The Morgan fingerprint density at radius 2 is 1.92 bits per heavy atom. The molecule has 0 unspecified atom stereocenters. The molecule has 3 rings (SSSR count). The molecule has 1 aromatic rings. The quantitative estimate of drug-likeness (QED) is 0.570. The monoisotopic (exact) mass is 348 g/mol. The molecule has 0 spiro atoms. The Hall–Kier alpha value is -2.28. The molecule has 0 amide bonds. The first kappa shape index (κ1) is 20.0. The largest absolute Gasteiger partial charge is 0.487 e. The van der Waals surface area contributed by atoms with Gasteiger partial charge in [-0.05, 0) is 68.5 Å². The molecule has 1 aliphatic heterocycles. The molecule has 1 fully saturated rings. The van der Waals surface area contributed by atoms with Crippen molar-refractivity contribution in [2.75, 3.05) is 0 Å².